The quantitative estimate of drug-likeness (QED) is 0.424. The highest BCUT2D eigenvalue weighted by Gasteiger charge is 2.27. The molecular weight excluding hydrogens is 562 g/mol. The van der Waals surface area contributed by atoms with E-state index < -0.39 is 16.1 Å². The molecule has 1 N–H and O–H groups in total. The lowest BCUT2D eigenvalue weighted by Gasteiger charge is -2.30. The van der Waals surface area contributed by atoms with Crippen molar-refractivity contribution < 1.29 is 27.5 Å². The number of rotatable bonds is 11. The van der Waals surface area contributed by atoms with Crippen LogP contribution >= 0.6 is 15.9 Å². The SMILES string of the molecule is CC(C)NC(=O)C(C)N(Cc1ccc(Br)cc1)C(=O)CCCN(c1ccc2c(c1)OCCO2)S(C)(=O)=O. The van der Waals surface area contributed by atoms with Gasteiger partial charge >= 0.3 is 0 Å². The minimum Gasteiger partial charge on any atom is -0.486 e. The molecule has 0 radical (unpaired) electrons. The Labute approximate surface area is 227 Å². The Kier molecular flexibility index (Phi) is 9.83. The summed E-state index contributed by atoms with van der Waals surface area (Å²) in [5, 5.41) is 2.86. The Morgan fingerprint density at radius 2 is 1.68 bits per heavy atom. The molecule has 0 bridgehead atoms. The van der Waals surface area contributed by atoms with Crippen LogP contribution in [0.25, 0.3) is 0 Å². The summed E-state index contributed by atoms with van der Waals surface area (Å²) in [5.74, 6) is 0.578. The molecule has 0 aromatic heterocycles. The fourth-order valence-corrected chi connectivity index (χ4v) is 5.19. The van der Waals surface area contributed by atoms with E-state index in [9.17, 15) is 18.0 Å². The van der Waals surface area contributed by atoms with Gasteiger partial charge in [0.2, 0.25) is 21.8 Å². The summed E-state index contributed by atoms with van der Waals surface area (Å²) >= 11 is 3.41. The maximum absolute atomic E-state index is 13.3. The number of sulfonamides is 1. The molecule has 202 valence electrons. The molecule has 37 heavy (non-hydrogen) atoms. The topological polar surface area (TPSA) is 105 Å². The fourth-order valence-electron chi connectivity index (χ4n) is 3.97. The molecular formula is C26H34BrN3O6S. The van der Waals surface area contributed by atoms with Gasteiger partial charge in [-0.1, -0.05) is 28.1 Å². The second-order valence-electron chi connectivity index (χ2n) is 9.25. The highest BCUT2D eigenvalue weighted by Crippen LogP contribution is 2.34. The van der Waals surface area contributed by atoms with E-state index in [0.29, 0.717) is 30.4 Å². The van der Waals surface area contributed by atoms with Gasteiger partial charge in [0.1, 0.15) is 19.3 Å². The van der Waals surface area contributed by atoms with Crippen LogP contribution in [-0.4, -0.2) is 63.2 Å². The Morgan fingerprint density at radius 1 is 1.03 bits per heavy atom. The average Bonchev–Trinajstić information content (AvgIpc) is 2.84. The molecule has 0 saturated heterocycles. The van der Waals surface area contributed by atoms with Gasteiger partial charge in [0, 0.05) is 36.1 Å². The van der Waals surface area contributed by atoms with Crippen molar-refractivity contribution in [1.29, 1.82) is 0 Å². The fraction of sp³-hybridized carbons (Fsp3) is 0.462. The van der Waals surface area contributed by atoms with Gasteiger partial charge in [-0.2, -0.15) is 0 Å². The van der Waals surface area contributed by atoms with Crippen molar-refractivity contribution in [3.8, 4) is 11.5 Å². The molecule has 0 saturated carbocycles. The predicted molar refractivity (Wildman–Crippen MR) is 146 cm³/mol. The standard InChI is InChI=1S/C26H34BrN3O6S/c1-18(2)28-26(32)19(3)29(17-20-7-9-21(27)10-8-20)25(31)6-5-13-30(37(4,33)34)22-11-12-23-24(16-22)36-15-14-35-23/h7-12,16,18-19H,5-6,13-15,17H2,1-4H3,(H,28,32). The van der Waals surface area contributed by atoms with Gasteiger partial charge < -0.3 is 19.7 Å². The summed E-state index contributed by atoms with van der Waals surface area (Å²) in [6.07, 6.45) is 1.48. The van der Waals surface area contributed by atoms with Crippen molar-refractivity contribution in [2.24, 2.45) is 0 Å². The zero-order valence-corrected chi connectivity index (χ0v) is 24.0. The van der Waals surface area contributed by atoms with Crippen molar-refractivity contribution in [3.05, 3.63) is 52.5 Å². The average molecular weight is 597 g/mol. The normalized spacial score (nSPS) is 13.7. The van der Waals surface area contributed by atoms with Crippen LogP contribution in [0.5, 0.6) is 11.5 Å². The Balaban J connectivity index is 1.73. The molecule has 0 fully saturated rings. The van der Waals surface area contributed by atoms with E-state index in [4.69, 9.17) is 9.47 Å². The van der Waals surface area contributed by atoms with Crippen LogP contribution in [0.2, 0.25) is 0 Å². The van der Waals surface area contributed by atoms with Crippen LogP contribution in [0.1, 0.15) is 39.2 Å². The molecule has 1 aliphatic heterocycles. The summed E-state index contributed by atoms with van der Waals surface area (Å²) < 4.78 is 38.5. The largest absolute Gasteiger partial charge is 0.486 e. The summed E-state index contributed by atoms with van der Waals surface area (Å²) in [4.78, 5) is 27.6. The van der Waals surface area contributed by atoms with Crippen LogP contribution in [0.3, 0.4) is 0 Å². The maximum Gasteiger partial charge on any atom is 0.242 e. The molecule has 1 unspecified atom stereocenters. The van der Waals surface area contributed by atoms with Gasteiger partial charge in [-0.15, -0.1) is 0 Å². The first-order valence-corrected chi connectivity index (χ1v) is 14.8. The van der Waals surface area contributed by atoms with Crippen LogP contribution in [0.4, 0.5) is 5.69 Å². The van der Waals surface area contributed by atoms with Gasteiger partial charge in [0.25, 0.3) is 0 Å². The summed E-state index contributed by atoms with van der Waals surface area (Å²) in [6, 6.07) is 11.8. The molecule has 2 aromatic carbocycles. The molecule has 3 rings (SSSR count). The Bertz CT molecular complexity index is 1200. The molecule has 1 atom stereocenters. The lowest BCUT2D eigenvalue weighted by molar-refractivity contribution is -0.140. The number of hydrogen-bond donors (Lipinski definition) is 1. The van der Waals surface area contributed by atoms with Crippen molar-refractivity contribution >= 4 is 43.5 Å². The maximum atomic E-state index is 13.3. The highest BCUT2D eigenvalue weighted by atomic mass is 79.9. The van der Waals surface area contributed by atoms with E-state index in [2.05, 4.69) is 21.2 Å². The van der Waals surface area contributed by atoms with Crippen molar-refractivity contribution in [3.63, 3.8) is 0 Å². The lowest BCUT2D eigenvalue weighted by atomic mass is 10.1. The number of carbonyl (C=O) groups is 2. The number of anilines is 1. The first-order valence-electron chi connectivity index (χ1n) is 12.2. The lowest BCUT2D eigenvalue weighted by Crippen LogP contribution is -2.49. The Morgan fingerprint density at radius 3 is 2.30 bits per heavy atom. The number of carbonyl (C=O) groups excluding carboxylic acids is 2. The number of hydrogen-bond acceptors (Lipinski definition) is 6. The third-order valence-electron chi connectivity index (χ3n) is 5.83. The first-order chi connectivity index (χ1) is 17.5. The summed E-state index contributed by atoms with van der Waals surface area (Å²) in [5.41, 5.74) is 1.32. The van der Waals surface area contributed by atoms with E-state index in [0.717, 1.165) is 16.3 Å². The molecule has 2 amide bonds. The Hall–Kier alpha value is -2.79. The molecule has 2 aromatic rings. The first kappa shape index (κ1) is 28.8. The number of nitrogens with one attached hydrogen (secondary N) is 1. The smallest absolute Gasteiger partial charge is 0.242 e. The molecule has 0 spiro atoms. The third kappa shape index (κ3) is 8.10. The summed E-state index contributed by atoms with van der Waals surface area (Å²) in [7, 11) is -3.62. The van der Waals surface area contributed by atoms with E-state index in [1.54, 1.807) is 25.1 Å². The van der Waals surface area contributed by atoms with Crippen molar-refractivity contribution in [2.45, 2.75) is 52.2 Å². The van der Waals surface area contributed by atoms with Gasteiger partial charge in [0.05, 0.1) is 11.9 Å². The van der Waals surface area contributed by atoms with Gasteiger partial charge in [-0.25, -0.2) is 8.42 Å². The predicted octanol–water partition coefficient (Wildman–Crippen LogP) is 3.71. The molecule has 1 aliphatic rings. The van der Waals surface area contributed by atoms with E-state index in [-0.39, 0.29) is 43.8 Å². The summed E-state index contributed by atoms with van der Waals surface area (Å²) in [6.45, 7) is 6.62. The molecule has 1 heterocycles. The van der Waals surface area contributed by atoms with Crippen molar-refractivity contribution in [1.82, 2.24) is 10.2 Å². The minimum absolute atomic E-state index is 0.0612. The zero-order chi connectivity index (χ0) is 27.2. The van der Waals surface area contributed by atoms with Crippen LogP contribution in [-0.2, 0) is 26.2 Å². The monoisotopic (exact) mass is 595 g/mol. The van der Waals surface area contributed by atoms with Gasteiger partial charge in [-0.3, -0.25) is 13.9 Å². The van der Waals surface area contributed by atoms with Crippen LogP contribution < -0.4 is 19.1 Å². The van der Waals surface area contributed by atoms with E-state index in [1.807, 2.05) is 38.1 Å². The minimum atomic E-state index is -3.62. The number of halogens is 1. The highest BCUT2D eigenvalue weighted by molar-refractivity contribution is 9.10. The molecule has 0 aliphatic carbocycles. The van der Waals surface area contributed by atoms with Crippen molar-refractivity contribution in [2.75, 3.05) is 30.3 Å². The van der Waals surface area contributed by atoms with Crippen LogP contribution in [0, 0.1) is 0 Å². The number of amides is 2. The number of fused-ring (bicyclic) bond motifs is 1. The second kappa shape index (κ2) is 12.6. The third-order valence-corrected chi connectivity index (χ3v) is 7.55. The number of ether oxygens (including phenoxy) is 2. The molecule has 11 heteroatoms. The van der Waals surface area contributed by atoms with Gasteiger partial charge in [0.15, 0.2) is 11.5 Å². The number of nitrogens with zero attached hydrogens (tertiary/aromatic N) is 2. The van der Waals surface area contributed by atoms with E-state index >= 15 is 0 Å². The molecule has 9 nitrogen and oxygen atoms in total. The zero-order valence-electron chi connectivity index (χ0n) is 21.6. The number of benzene rings is 2. The van der Waals surface area contributed by atoms with Crippen LogP contribution in [0.15, 0.2) is 46.9 Å². The van der Waals surface area contributed by atoms with E-state index in [1.165, 1.54) is 9.21 Å². The van der Waals surface area contributed by atoms with Gasteiger partial charge in [-0.05, 0) is 57.0 Å². The second-order valence-corrected chi connectivity index (χ2v) is 12.1.